The summed E-state index contributed by atoms with van der Waals surface area (Å²) in [5.41, 5.74) is 3.56. The average Bonchev–Trinajstić information content (AvgIpc) is 2.81. The van der Waals surface area contributed by atoms with Gasteiger partial charge in [0, 0.05) is 5.56 Å². The largest absolute Gasteiger partial charge is 0.495 e. The molecule has 0 N–H and O–H groups in total. The Bertz CT molecular complexity index is 1370. The van der Waals surface area contributed by atoms with Crippen LogP contribution in [0.15, 0.2) is 51.4 Å². The van der Waals surface area contributed by atoms with Crippen molar-refractivity contribution >= 4 is 17.0 Å². The lowest BCUT2D eigenvalue weighted by Gasteiger charge is -2.30. The fraction of sp³-hybridized carbons (Fsp3) is 0.321. The normalized spacial score (nSPS) is 13.7. The Kier molecular flexibility index (Phi) is 6.17. The van der Waals surface area contributed by atoms with E-state index >= 15 is 0 Å². The summed E-state index contributed by atoms with van der Waals surface area (Å²) in [6.45, 7) is 8.05. The number of hydrogen-bond donors (Lipinski definition) is 0. The predicted molar refractivity (Wildman–Crippen MR) is 134 cm³/mol. The highest BCUT2D eigenvalue weighted by Gasteiger charge is 2.31. The van der Waals surface area contributed by atoms with Crippen LogP contribution in [-0.4, -0.2) is 26.9 Å². The zero-order valence-electron chi connectivity index (χ0n) is 20.7. The predicted octanol–water partition coefficient (Wildman–Crippen LogP) is 6.18. The van der Waals surface area contributed by atoms with E-state index in [0.29, 0.717) is 51.5 Å². The Labute approximate surface area is 199 Å². The summed E-state index contributed by atoms with van der Waals surface area (Å²) in [6, 6.07) is 5.33. The lowest BCUT2D eigenvalue weighted by Crippen LogP contribution is -2.28. The monoisotopic (exact) mass is 462 g/mol. The van der Waals surface area contributed by atoms with Crippen LogP contribution in [0.5, 0.6) is 23.0 Å². The van der Waals surface area contributed by atoms with E-state index in [0.717, 1.165) is 16.7 Å². The topological polar surface area (TPSA) is 67.1 Å². The van der Waals surface area contributed by atoms with Crippen molar-refractivity contribution in [3.05, 3.63) is 63.5 Å². The van der Waals surface area contributed by atoms with Gasteiger partial charge in [0.15, 0.2) is 11.5 Å². The zero-order valence-corrected chi connectivity index (χ0v) is 20.7. The van der Waals surface area contributed by atoms with Gasteiger partial charge in [0.2, 0.25) is 5.43 Å². The third-order valence-corrected chi connectivity index (χ3v) is 5.89. The molecule has 0 aliphatic carbocycles. The molecule has 0 amide bonds. The molecule has 2 aromatic carbocycles. The average molecular weight is 463 g/mol. The van der Waals surface area contributed by atoms with Crippen molar-refractivity contribution < 1.29 is 23.4 Å². The number of benzene rings is 2. The Morgan fingerprint density at radius 2 is 1.79 bits per heavy atom. The molecular formula is C28H30O6. The molecule has 0 unspecified atom stereocenters. The molecule has 178 valence electrons. The summed E-state index contributed by atoms with van der Waals surface area (Å²) in [7, 11) is 4.69. The number of methoxy groups -OCH3 is 3. The van der Waals surface area contributed by atoms with Crippen molar-refractivity contribution in [1.82, 2.24) is 0 Å². The van der Waals surface area contributed by atoms with Crippen LogP contribution in [0.1, 0.15) is 38.8 Å². The molecule has 3 aromatic rings. The van der Waals surface area contributed by atoms with Gasteiger partial charge in [0.05, 0.1) is 32.5 Å². The first kappa shape index (κ1) is 23.5. The molecule has 0 spiro atoms. The fourth-order valence-corrected chi connectivity index (χ4v) is 4.16. The second-order valence-corrected chi connectivity index (χ2v) is 9.03. The van der Waals surface area contributed by atoms with Crippen molar-refractivity contribution in [2.45, 2.75) is 39.7 Å². The van der Waals surface area contributed by atoms with Crippen LogP contribution < -0.4 is 24.4 Å². The molecule has 4 rings (SSSR count). The van der Waals surface area contributed by atoms with Gasteiger partial charge in [-0.3, -0.25) is 4.79 Å². The van der Waals surface area contributed by atoms with Crippen LogP contribution in [0.3, 0.4) is 0 Å². The van der Waals surface area contributed by atoms with E-state index in [2.05, 4.69) is 6.08 Å². The molecule has 1 aliphatic rings. The minimum absolute atomic E-state index is 0.190. The molecule has 0 saturated carbocycles. The van der Waals surface area contributed by atoms with Gasteiger partial charge in [-0.1, -0.05) is 17.7 Å². The summed E-state index contributed by atoms with van der Waals surface area (Å²) < 4.78 is 29.0. The van der Waals surface area contributed by atoms with Crippen LogP contribution in [0, 0.1) is 0 Å². The minimum atomic E-state index is -0.495. The van der Waals surface area contributed by atoms with E-state index in [1.807, 2.05) is 39.8 Å². The lowest BCUT2D eigenvalue weighted by molar-refractivity contribution is 0.157. The smallest absolute Gasteiger partial charge is 0.204 e. The summed E-state index contributed by atoms with van der Waals surface area (Å²) in [5, 5.41) is 0.388. The van der Waals surface area contributed by atoms with Gasteiger partial charge in [-0.2, -0.15) is 0 Å². The highest BCUT2D eigenvalue weighted by molar-refractivity contribution is 5.96. The first-order valence-corrected chi connectivity index (χ1v) is 11.1. The molecule has 6 heteroatoms. The van der Waals surface area contributed by atoms with Gasteiger partial charge < -0.3 is 23.4 Å². The molecular weight excluding hydrogens is 432 g/mol. The molecule has 0 atom stereocenters. The van der Waals surface area contributed by atoms with Crippen LogP contribution in [0.25, 0.3) is 28.2 Å². The summed E-state index contributed by atoms with van der Waals surface area (Å²) in [5.74, 6) is 2.22. The summed E-state index contributed by atoms with van der Waals surface area (Å²) in [4.78, 5) is 13.9. The Morgan fingerprint density at radius 1 is 1.06 bits per heavy atom. The van der Waals surface area contributed by atoms with Gasteiger partial charge in [-0.25, -0.2) is 0 Å². The number of ether oxygens (including phenoxy) is 4. The van der Waals surface area contributed by atoms with Crippen LogP contribution >= 0.6 is 0 Å². The summed E-state index contributed by atoms with van der Waals surface area (Å²) in [6.07, 6.45) is 8.08. The van der Waals surface area contributed by atoms with Crippen LogP contribution in [-0.2, 0) is 6.42 Å². The zero-order chi connectivity index (χ0) is 24.6. The van der Waals surface area contributed by atoms with Gasteiger partial charge in [0.25, 0.3) is 0 Å². The van der Waals surface area contributed by atoms with E-state index in [1.54, 1.807) is 39.5 Å². The second kappa shape index (κ2) is 8.93. The van der Waals surface area contributed by atoms with E-state index in [4.69, 9.17) is 23.4 Å². The first-order chi connectivity index (χ1) is 16.2. The maximum absolute atomic E-state index is 13.9. The molecule has 0 saturated heterocycles. The number of hydrogen-bond acceptors (Lipinski definition) is 6. The number of fused-ring (bicyclic) bond motifs is 2. The first-order valence-electron chi connectivity index (χ1n) is 11.1. The quantitative estimate of drug-likeness (QED) is 0.408. The fourth-order valence-electron chi connectivity index (χ4n) is 4.16. The third-order valence-electron chi connectivity index (χ3n) is 5.89. The SMILES string of the molecule is COc1ccc(-c2coc3c(CC=C(C)C)c4c(c(OC)c3c2=O)C=CC(C)(C)O4)cc1OC. The van der Waals surface area contributed by atoms with Crippen molar-refractivity contribution in [2.75, 3.05) is 21.3 Å². The van der Waals surface area contributed by atoms with Gasteiger partial charge in [-0.15, -0.1) is 0 Å². The van der Waals surface area contributed by atoms with Gasteiger partial charge in [0.1, 0.15) is 34.3 Å². The van der Waals surface area contributed by atoms with Crippen molar-refractivity contribution in [2.24, 2.45) is 0 Å². The van der Waals surface area contributed by atoms with Gasteiger partial charge in [-0.05, 0) is 64.0 Å². The Morgan fingerprint density at radius 3 is 2.44 bits per heavy atom. The molecule has 0 bridgehead atoms. The van der Waals surface area contributed by atoms with E-state index in [1.165, 1.54) is 6.26 Å². The van der Waals surface area contributed by atoms with E-state index in [9.17, 15) is 4.79 Å². The maximum atomic E-state index is 13.9. The van der Waals surface area contributed by atoms with Crippen LogP contribution in [0.2, 0.25) is 0 Å². The second-order valence-electron chi connectivity index (χ2n) is 9.03. The van der Waals surface area contributed by atoms with Crippen molar-refractivity contribution in [3.63, 3.8) is 0 Å². The maximum Gasteiger partial charge on any atom is 0.204 e. The Hall–Kier alpha value is -3.67. The number of allylic oxidation sites excluding steroid dienone is 2. The van der Waals surface area contributed by atoms with Crippen molar-refractivity contribution in [3.8, 4) is 34.1 Å². The highest BCUT2D eigenvalue weighted by atomic mass is 16.5. The molecule has 6 nitrogen and oxygen atoms in total. The number of rotatable bonds is 6. The van der Waals surface area contributed by atoms with E-state index < -0.39 is 5.60 Å². The lowest BCUT2D eigenvalue weighted by atomic mass is 9.93. The standard InChI is InChI=1S/C28H30O6/c1-16(2)8-10-18-25-19(12-13-28(3,4)34-25)26(32-7)23-24(29)20(15-33-27(18)23)17-9-11-21(30-5)22(14-17)31-6/h8-9,11-15H,10H2,1-7H3. The molecule has 0 fully saturated rings. The third kappa shape index (κ3) is 4.04. The molecule has 1 aliphatic heterocycles. The summed E-state index contributed by atoms with van der Waals surface area (Å²) >= 11 is 0. The highest BCUT2D eigenvalue weighted by Crippen LogP contribution is 2.45. The van der Waals surface area contributed by atoms with Crippen LogP contribution in [0.4, 0.5) is 0 Å². The molecule has 0 radical (unpaired) electrons. The molecule has 34 heavy (non-hydrogen) atoms. The molecule has 2 heterocycles. The molecule has 1 aromatic heterocycles. The van der Waals surface area contributed by atoms with E-state index in [-0.39, 0.29) is 5.43 Å². The Balaban J connectivity index is 2.05. The van der Waals surface area contributed by atoms with Gasteiger partial charge >= 0.3 is 0 Å². The van der Waals surface area contributed by atoms with Crippen molar-refractivity contribution in [1.29, 1.82) is 0 Å². The minimum Gasteiger partial charge on any atom is -0.495 e.